The van der Waals surface area contributed by atoms with Crippen molar-refractivity contribution in [3.8, 4) is 16.5 Å². The second kappa shape index (κ2) is 7.48. The monoisotopic (exact) mass is 379 g/mol. The highest BCUT2D eigenvalue weighted by molar-refractivity contribution is 7.17. The Hall–Kier alpha value is -2.73. The van der Waals surface area contributed by atoms with Crippen molar-refractivity contribution < 1.29 is 9.53 Å². The van der Waals surface area contributed by atoms with Crippen molar-refractivity contribution in [2.45, 2.75) is 25.8 Å². The number of rotatable bonds is 4. The molecular weight excluding hydrogens is 358 g/mol. The summed E-state index contributed by atoms with van der Waals surface area (Å²) >= 11 is 1.43. The molecule has 1 amide bonds. The van der Waals surface area contributed by atoms with Crippen molar-refractivity contribution in [1.29, 1.82) is 0 Å². The van der Waals surface area contributed by atoms with E-state index in [1.165, 1.54) is 11.3 Å². The molecule has 2 aromatic heterocycles. The van der Waals surface area contributed by atoms with Crippen LogP contribution in [0.5, 0.6) is 5.75 Å². The van der Waals surface area contributed by atoms with Crippen LogP contribution >= 0.6 is 11.3 Å². The van der Waals surface area contributed by atoms with Crippen molar-refractivity contribution in [3.63, 3.8) is 0 Å². The number of thiazole rings is 1. The molecule has 1 aliphatic rings. The molecular formula is C21H21N3O2S. The van der Waals surface area contributed by atoms with Crippen LogP contribution in [0.3, 0.4) is 0 Å². The van der Waals surface area contributed by atoms with E-state index in [-0.39, 0.29) is 11.9 Å². The largest absolute Gasteiger partial charge is 0.497 e. The minimum Gasteiger partial charge on any atom is -0.497 e. The van der Waals surface area contributed by atoms with Gasteiger partial charge in [-0.25, -0.2) is 4.98 Å². The van der Waals surface area contributed by atoms with Crippen molar-refractivity contribution in [2.75, 3.05) is 13.7 Å². The molecule has 5 nitrogen and oxygen atoms in total. The average molecular weight is 379 g/mol. The highest BCUT2D eigenvalue weighted by Crippen LogP contribution is 2.36. The fourth-order valence-electron chi connectivity index (χ4n) is 3.51. The maximum atomic E-state index is 13.3. The van der Waals surface area contributed by atoms with E-state index in [9.17, 15) is 4.79 Å². The zero-order valence-electron chi connectivity index (χ0n) is 15.4. The molecule has 1 unspecified atom stereocenters. The first-order valence-electron chi connectivity index (χ1n) is 9.01. The van der Waals surface area contributed by atoms with Crippen molar-refractivity contribution in [2.24, 2.45) is 0 Å². The topological polar surface area (TPSA) is 55.3 Å². The summed E-state index contributed by atoms with van der Waals surface area (Å²) in [7, 11) is 1.66. The normalized spacial score (nSPS) is 16.5. The van der Waals surface area contributed by atoms with E-state index in [0.717, 1.165) is 47.1 Å². The van der Waals surface area contributed by atoms with Crippen LogP contribution in [-0.4, -0.2) is 34.4 Å². The van der Waals surface area contributed by atoms with Crippen LogP contribution in [0.1, 0.15) is 39.8 Å². The summed E-state index contributed by atoms with van der Waals surface area (Å²) < 4.78 is 5.24. The lowest BCUT2D eigenvalue weighted by molar-refractivity contribution is 0.0739. The number of carbonyl (C=O) groups excluding carboxylic acids is 1. The van der Waals surface area contributed by atoms with E-state index in [4.69, 9.17) is 4.74 Å². The number of pyridine rings is 1. The smallest absolute Gasteiger partial charge is 0.266 e. The van der Waals surface area contributed by atoms with E-state index in [1.807, 2.05) is 54.3 Å². The SMILES string of the molecule is COc1ccc(C2CCCN2C(=O)c2sc(-c3ccccn3)nc2C)cc1. The number of benzene rings is 1. The average Bonchev–Trinajstić information content (AvgIpc) is 3.35. The van der Waals surface area contributed by atoms with Crippen LogP contribution in [0.2, 0.25) is 0 Å². The molecule has 27 heavy (non-hydrogen) atoms. The molecule has 1 saturated heterocycles. The molecule has 0 N–H and O–H groups in total. The highest BCUT2D eigenvalue weighted by Gasteiger charge is 2.32. The number of ether oxygens (including phenoxy) is 1. The molecule has 0 saturated carbocycles. The number of hydrogen-bond acceptors (Lipinski definition) is 5. The van der Waals surface area contributed by atoms with Gasteiger partial charge in [0.15, 0.2) is 0 Å². The molecule has 138 valence electrons. The van der Waals surface area contributed by atoms with Crippen molar-refractivity contribution in [1.82, 2.24) is 14.9 Å². The number of hydrogen-bond donors (Lipinski definition) is 0. The van der Waals surface area contributed by atoms with Gasteiger partial charge in [0.2, 0.25) is 0 Å². The quantitative estimate of drug-likeness (QED) is 0.670. The van der Waals surface area contributed by atoms with Gasteiger partial charge in [0.1, 0.15) is 15.6 Å². The number of likely N-dealkylation sites (tertiary alicyclic amines) is 1. The van der Waals surface area contributed by atoms with Gasteiger partial charge in [-0.3, -0.25) is 9.78 Å². The third-order valence-corrected chi connectivity index (χ3v) is 6.06. The molecule has 1 atom stereocenters. The zero-order valence-corrected chi connectivity index (χ0v) is 16.2. The molecule has 1 aromatic carbocycles. The summed E-state index contributed by atoms with van der Waals surface area (Å²) in [6.45, 7) is 2.67. The van der Waals surface area contributed by atoms with Gasteiger partial charge >= 0.3 is 0 Å². The summed E-state index contributed by atoms with van der Waals surface area (Å²) in [5, 5.41) is 0.789. The van der Waals surface area contributed by atoms with E-state index in [0.29, 0.717) is 4.88 Å². The lowest BCUT2D eigenvalue weighted by Gasteiger charge is -2.25. The van der Waals surface area contributed by atoms with Crippen LogP contribution in [0.25, 0.3) is 10.7 Å². The van der Waals surface area contributed by atoms with Gasteiger partial charge in [-0.1, -0.05) is 18.2 Å². The second-order valence-corrected chi connectivity index (χ2v) is 7.58. The molecule has 3 heterocycles. The summed E-state index contributed by atoms with van der Waals surface area (Å²) in [5.41, 5.74) is 2.72. The Bertz CT molecular complexity index is 938. The maximum Gasteiger partial charge on any atom is 0.266 e. The first-order valence-corrected chi connectivity index (χ1v) is 9.83. The number of methoxy groups -OCH3 is 1. The Morgan fingerprint density at radius 3 is 2.74 bits per heavy atom. The molecule has 3 aromatic rings. The first-order chi connectivity index (χ1) is 13.2. The van der Waals surface area contributed by atoms with Crippen molar-refractivity contribution >= 4 is 17.2 Å². The molecule has 1 fully saturated rings. The molecule has 0 spiro atoms. The van der Waals surface area contributed by atoms with Gasteiger partial charge in [-0.15, -0.1) is 11.3 Å². The minimum absolute atomic E-state index is 0.0606. The van der Waals surface area contributed by atoms with Crippen LogP contribution in [0, 0.1) is 6.92 Å². The van der Waals surface area contributed by atoms with Gasteiger partial charge in [0.25, 0.3) is 5.91 Å². The molecule has 0 radical (unpaired) electrons. The van der Waals surface area contributed by atoms with Gasteiger partial charge in [0, 0.05) is 12.7 Å². The maximum absolute atomic E-state index is 13.3. The zero-order chi connectivity index (χ0) is 18.8. The van der Waals surface area contributed by atoms with Crippen LogP contribution in [0.4, 0.5) is 0 Å². The number of amides is 1. The van der Waals surface area contributed by atoms with E-state index in [1.54, 1.807) is 13.3 Å². The second-order valence-electron chi connectivity index (χ2n) is 6.58. The van der Waals surface area contributed by atoms with Crippen LogP contribution in [0.15, 0.2) is 48.7 Å². The fourth-order valence-corrected chi connectivity index (χ4v) is 4.51. The van der Waals surface area contributed by atoms with E-state index < -0.39 is 0 Å². The Balaban J connectivity index is 1.61. The lowest BCUT2D eigenvalue weighted by atomic mass is 10.0. The molecule has 4 rings (SSSR count). The lowest BCUT2D eigenvalue weighted by Crippen LogP contribution is -2.30. The Morgan fingerprint density at radius 1 is 1.22 bits per heavy atom. The van der Waals surface area contributed by atoms with Gasteiger partial charge in [-0.05, 0) is 49.6 Å². The van der Waals surface area contributed by atoms with Crippen LogP contribution in [-0.2, 0) is 0 Å². The summed E-state index contributed by atoms with van der Waals surface area (Å²) in [4.78, 5) is 24.9. The minimum atomic E-state index is 0.0606. The van der Waals surface area contributed by atoms with Crippen molar-refractivity contribution in [3.05, 3.63) is 64.8 Å². The summed E-state index contributed by atoms with van der Waals surface area (Å²) in [6.07, 6.45) is 3.73. The molecule has 6 heteroatoms. The number of aromatic nitrogens is 2. The predicted octanol–water partition coefficient (Wildman–Crippen LogP) is 4.50. The fraction of sp³-hybridized carbons (Fsp3) is 0.286. The number of carbonyl (C=O) groups is 1. The standard InChI is InChI=1S/C21H21N3O2S/c1-14-19(27-20(23-14)17-6-3-4-12-22-17)21(25)24-13-5-7-18(24)15-8-10-16(26-2)11-9-15/h3-4,6,8-12,18H,5,7,13H2,1-2H3. The Morgan fingerprint density at radius 2 is 2.04 bits per heavy atom. The Kier molecular flexibility index (Phi) is 4.90. The Labute approximate surface area is 162 Å². The van der Waals surface area contributed by atoms with Gasteiger partial charge < -0.3 is 9.64 Å². The number of nitrogens with zero attached hydrogens (tertiary/aromatic N) is 3. The van der Waals surface area contributed by atoms with Gasteiger partial charge in [-0.2, -0.15) is 0 Å². The van der Waals surface area contributed by atoms with Gasteiger partial charge in [0.05, 0.1) is 24.5 Å². The summed E-state index contributed by atoms with van der Waals surface area (Å²) in [5.74, 6) is 0.887. The van der Waals surface area contributed by atoms with Crippen LogP contribution < -0.4 is 4.74 Å². The molecule has 0 aliphatic carbocycles. The highest BCUT2D eigenvalue weighted by atomic mass is 32.1. The summed E-state index contributed by atoms with van der Waals surface area (Å²) in [6, 6.07) is 13.8. The number of aryl methyl sites for hydroxylation is 1. The molecule has 0 bridgehead atoms. The molecule has 1 aliphatic heterocycles. The predicted molar refractivity (Wildman–Crippen MR) is 106 cm³/mol. The van der Waals surface area contributed by atoms with E-state index in [2.05, 4.69) is 9.97 Å². The first kappa shape index (κ1) is 17.7. The third-order valence-electron chi connectivity index (χ3n) is 4.89. The third kappa shape index (κ3) is 3.45. The van der Waals surface area contributed by atoms with E-state index >= 15 is 0 Å².